The lowest BCUT2D eigenvalue weighted by atomic mass is 9.94. The van der Waals surface area contributed by atoms with Gasteiger partial charge in [0.05, 0.1) is 13.2 Å². The van der Waals surface area contributed by atoms with Crippen LogP contribution in [0.25, 0.3) is 0 Å². The molecule has 0 bridgehead atoms. The summed E-state index contributed by atoms with van der Waals surface area (Å²) in [4.78, 5) is 16.1. The first-order chi connectivity index (χ1) is 8.56. The van der Waals surface area contributed by atoms with Crippen LogP contribution in [-0.2, 0) is 4.79 Å². The van der Waals surface area contributed by atoms with Crippen LogP contribution < -0.4 is 0 Å². The molecule has 1 N–H and O–H groups in total. The minimum atomic E-state index is 0.134. The van der Waals surface area contributed by atoms with E-state index in [1.807, 2.05) is 20.9 Å². The van der Waals surface area contributed by atoms with Gasteiger partial charge in [0.1, 0.15) is 0 Å². The third-order valence-corrected chi connectivity index (χ3v) is 3.98. The van der Waals surface area contributed by atoms with Crippen molar-refractivity contribution in [2.45, 2.75) is 58.0 Å². The third kappa shape index (κ3) is 4.58. The van der Waals surface area contributed by atoms with Gasteiger partial charge in [-0.1, -0.05) is 19.3 Å². The van der Waals surface area contributed by atoms with Gasteiger partial charge < -0.3 is 10.0 Å². The maximum Gasteiger partial charge on any atom is 0.236 e. The second kappa shape index (κ2) is 7.74. The van der Waals surface area contributed by atoms with Crippen LogP contribution >= 0.6 is 0 Å². The van der Waals surface area contributed by atoms with Gasteiger partial charge in [0, 0.05) is 25.7 Å². The molecule has 0 unspecified atom stereocenters. The van der Waals surface area contributed by atoms with Crippen LogP contribution in [0.1, 0.15) is 46.0 Å². The third-order valence-electron chi connectivity index (χ3n) is 3.98. The van der Waals surface area contributed by atoms with Crippen molar-refractivity contribution in [2.75, 3.05) is 26.7 Å². The average molecular weight is 256 g/mol. The van der Waals surface area contributed by atoms with E-state index >= 15 is 0 Å². The molecule has 18 heavy (non-hydrogen) atoms. The molecule has 4 heteroatoms. The van der Waals surface area contributed by atoms with Gasteiger partial charge >= 0.3 is 0 Å². The van der Waals surface area contributed by atoms with E-state index in [1.165, 1.54) is 32.1 Å². The normalized spacial score (nSPS) is 17.4. The minimum absolute atomic E-state index is 0.134. The summed E-state index contributed by atoms with van der Waals surface area (Å²) in [6, 6.07) is 0.718. The van der Waals surface area contributed by atoms with Gasteiger partial charge in [-0.25, -0.2) is 0 Å². The molecule has 106 valence electrons. The van der Waals surface area contributed by atoms with E-state index < -0.39 is 0 Å². The molecular formula is C14H28N2O2. The number of carbonyl (C=O) groups is 1. The van der Waals surface area contributed by atoms with Crippen LogP contribution in [0.2, 0.25) is 0 Å². The van der Waals surface area contributed by atoms with E-state index in [4.69, 9.17) is 5.11 Å². The first-order valence-corrected chi connectivity index (χ1v) is 7.16. The van der Waals surface area contributed by atoms with Crippen LogP contribution in [-0.4, -0.2) is 59.6 Å². The van der Waals surface area contributed by atoms with Gasteiger partial charge in [0.2, 0.25) is 5.91 Å². The maximum atomic E-state index is 12.1. The van der Waals surface area contributed by atoms with Gasteiger partial charge in [-0.3, -0.25) is 9.69 Å². The minimum Gasteiger partial charge on any atom is -0.395 e. The molecule has 0 aliphatic heterocycles. The van der Waals surface area contributed by atoms with Crippen molar-refractivity contribution in [3.63, 3.8) is 0 Å². The van der Waals surface area contributed by atoms with Crippen molar-refractivity contribution in [1.29, 1.82) is 0 Å². The van der Waals surface area contributed by atoms with Crippen LogP contribution in [0.5, 0.6) is 0 Å². The summed E-state index contributed by atoms with van der Waals surface area (Å²) in [7, 11) is 1.85. The SMILES string of the molecule is CC(C)N(C)C(=O)CN(CCO)C1CCCCC1. The Morgan fingerprint density at radius 3 is 2.39 bits per heavy atom. The molecule has 1 rings (SSSR count). The van der Waals surface area contributed by atoms with Gasteiger partial charge in [-0.15, -0.1) is 0 Å². The molecule has 0 aromatic carbocycles. The highest BCUT2D eigenvalue weighted by atomic mass is 16.3. The topological polar surface area (TPSA) is 43.8 Å². The molecule has 1 aliphatic carbocycles. The lowest BCUT2D eigenvalue weighted by Crippen LogP contribution is -2.46. The van der Waals surface area contributed by atoms with Gasteiger partial charge in [0.25, 0.3) is 0 Å². The van der Waals surface area contributed by atoms with E-state index in [-0.39, 0.29) is 18.6 Å². The predicted octanol–water partition coefficient (Wildman–Crippen LogP) is 1.48. The highest BCUT2D eigenvalue weighted by molar-refractivity contribution is 5.78. The standard InChI is InChI=1S/C14H28N2O2/c1-12(2)15(3)14(18)11-16(9-10-17)13-7-5-4-6-8-13/h12-13,17H,4-11H2,1-3H3. The van der Waals surface area contributed by atoms with E-state index in [9.17, 15) is 4.79 Å². The molecule has 4 nitrogen and oxygen atoms in total. The summed E-state index contributed by atoms with van der Waals surface area (Å²) < 4.78 is 0. The maximum absolute atomic E-state index is 12.1. The molecule has 0 spiro atoms. The molecule has 0 aromatic heterocycles. The summed E-state index contributed by atoms with van der Waals surface area (Å²) in [5.74, 6) is 0.157. The first kappa shape index (κ1) is 15.4. The van der Waals surface area contributed by atoms with Crippen molar-refractivity contribution in [1.82, 2.24) is 9.80 Å². The summed E-state index contributed by atoms with van der Waals surface area (Å²) in [5, 5.41) is 9.16. The number of amides is 1. The van der Waals surface area contributed by atoms with Gasteiger partial charge in [-0.05, 0) is 26.7 Å². The fourth-order valence-corrected chi connectivity index (χ4v) is 2.54. The van der Waals surface area contributed by atoms with Gasteiger partial charge in [0.15, 0.2) is 0 Å². The first-order valence-electron chi connectivity index (χ1n) is 7.16. The smallest absolute Gasteiger partial charge is 0.236 e. The Kier molecular flexibility index (Phi) is 6.65. The molecule has 0 atom stereocenters. The van der Waals surface area contributed by atoms with Crippen molar-refractivity contribution in [3.8, 4) is 0 Å². The molecule has 1 amide bonds. The monoisotopic (exact) mass is 256 g/mol. The molecule has 1 fully saturated rings. The van der Waals surface area contributed by atoms with Crippen LogP contribution in [0.15, 0.2) is 0 Å². The zero-order valence-electron chi connectivity index (χ0n) is 12.1. The second-order valence-corrected chi connectivity index (χ2v) is 5.58. The summed E-state index contributed by atoms with van der Waals surface area (Å²) in [6.07, 6.45) is 6.14. The van der Waals surface area contributed by atoms with Crippen molar-refractivity contribution in [3.05, 3.63) is 0 Å². The fraction of sp³-hybridized carbons (Fsp3) is 0.929. The highest BCUT2D eigenvalue weighted by Gasteiger charge is 2.24. The number of nitrogens with zero attached hydrogens (tertiary/aromatic N) is 2. The zero-order chi connectivity index (χ0) is 13.5. The zero-order valence-corrected chi connectivity index (χ0v) is 12.1. The number of hydrogen-bond acceptors (Lipinski definition) is 3. The molecule has 0 heterocycles. The average Bonchev–Trinajstić information content (AvgIpc) is 2.38. The number of rotatable bonds is 6. The number of aliphatic hydroxyl groups excluding tert-OH is 1. The van der Waals surface area contributed by atoms with Crippen LogP contribution in [0, 0.1) is 0 Å². The largest absolute Gasteiger partial charge is 0.395 e. The highest BCUT2D eigenvalue weighted by Crippen LogP contribution is 2.22. The Morgan fingerprint density at radius 1 is 1.28 bits per heavy atom. The molecular weight excluding hydrogens is 228 g/mol. The van der Waals surface area contributed by atoms with Gasteiger partial charge in [-0.2, -0.15) is 0 Å². The van der Waals surface area contributed by atoms with Crippen molar-refractivity contribution in [2.24, 2.45) is 0 Å². The predicted molar refractivity (Wildman–Crippen MR) is 73.4 cm³/mol. The van der Waals surface area contributed by atoms with Crippen LogP contribution in [0.4, 0.5) is 0 Å². The Bertz CT molecular complexity index is 250. The lowest BCUT2D eigenvalue weighted by Gasteiger charge is -2.35. The van der Waals surface area contributed by atoms with E-state index in [0.717, 1.165) is 0 Å². The quantitative estimate of drug-likeness (QED) is 0.783. The Hall–Kier alpha value is -0.610. The molecule has 0 radical (unpaired) electrons. The summed E-state index contributed by atoms with van der Waals surface area (Å²) >= 11 is 0. The Balaban J connectivity index is 2.53. The number of likely N-dealkylation sites (N-methyl/N-ethyl adjacent to an activating group) is 1. The molecule has 0 aromatic rings. The van der Waals surface area contributed by atoms with E-state index in [2.05, 4.69) is 4.90 Å². The summed E-state index contributed by atoms with van der Waals surface area (Å²) in [5.41, 5.74) is 0. The number of aliphatic hydroxyl groups is 1. The second-order valence-electron chi connectivity index (χ2n) is 5.58. The van der Waals surface area contributed by atoms with Crippen LogP contribution in [0.3, 0.4) is 0 Å². The Morgan fingerprint density at radius 2 is 1.89 bits per heavy atom. The molecule has 1 saturated carbocycles. The Labute approximate surface area is 111 Å². The van der Waals surface area contributed by atoms with Crippen molar-refractivity contribution < 1.29 is 9.90 Å². The summed E-state index contributed by atoms with van der Waals surface area (Å²) in [6.45, 7) is 5.24. The fourth-order valence-electron chi connectivity index (χ4n) is 2.54. The lowest BCUT2D eigenvalue weighted by molar-refractivity contribution is -0.133. The molecule has 0 saturated heterocycles. The number of hydrogen-bond donors (Lipinski definition) is 1. The van der Waals surface area contributed by atoms with Crippen molar-refractivity contribution >= 4 is 5.91 Å². The molecule has 1 aliphatic rings. The number of carbonyl (C=O) groups excluding carboxylic acids is 1. The van der Waals surface area contributed by atoms with E-state index in [0.29, 0.717) is 19.1 Å². The van der Waals surface area contributed by atoms with E-state index in [1.54, 1.807) is 4.90 Å².